The Morgan fingerprint density at radius 1 is 0.903 bits per heavy atom. The first-order chi connectivity index (χ1) is 14.9. The maximum Gasteiger partial charge on any atom is 0.225 e. The minimum Gasteiger partial charge on any atom is -0.494 e. The van der Waals surface area contributed by atoms with Crippen LogP contribution in [0.15, 0.2) is 59.8 Å². The monoisotopic (exact) mass is 419 g/mol. The predicted octanol–water partition coefficient (Wildman–Crippen LogP) is 4.88. The van der Waals surface area contributed by atoms with Gasteiger partial charge < -0.3 is 14.8 Å². The molecule has 0 bridgehead atoms. The van der Waals surface area contributed by atoms with Gasteiger partial charge in [0, 0.05) is 30.0 Å². The number of carbonyl (C=O) groups excluding carboxylic acids is 2. The molecule has 2 aromatic carbocycles. The molecule has 162 valence electrons. The second kappa shape index (κ2) is 8.96. The van der Waals surface area contributed by atoms with Gasteiger partial charge in [0.2, 0.25) is 5.91 Å². The lowest BCUT2D eigenvalue weighted by Gasteiger charge is -2.34. The van der Waals surface area contributed by atoms with Gasteiger partial charge in [0.15, 0.2) is 5.78 Å². The lowest BCUT2D eigenvalue weighted by atomic mass is 9.73. The summed E-state index contributed by atoms with van der Waals surface area (Å²) in [5, 5.41) is 2.99. The van der Waals surface area contributed by atoms with Crippen molar-refractivity contribution in [1.82, 2.24) is 5.32 Å². The van der Waals surface area contributed by atoms with Crippen LogP contribution >= 0.6 is 0 Å². The number of carbonyl (C=O) groups is 2. The summed E-state index contributed by atoms with van der Waals surface area (Å²) < 4.78 is 11.2. The number of amides is 1. The molecule has 2 aromatic rings. The normalized spacial score (nSPS) is 21.0. The van der Waals surface area contributed by atoms with Crippen molar-refractivity contribution < 1.29 is 19.1 Å². The SMILES string of the molecule is CCOc1ccc(C2CC(=O)C3=C(C2)NC(=O)CC3c2ccc(OC(C)C)cc2)cc1. The van der Waals surface area contributed by atoms with Crippen LogP contribution in [0.2, 0.25) is 0 Å². The highest BCUT2D eigenvalue weighted by atomic mass is 16.5. The fourth-order valence-corrected chi connectivity index (χ4v) is 4.53. The van der Waals surface area contributed by atoms with Gasteiger partial charge in [-0.25, -0.2) is 0 Å². The van der Waals surface area contributed by atoms with Crippen LogP contribution in [-0.2, 0) is 9.59 Å². The quantitative estimate of drug-likeness (QED) is 0.725. The Bertz CT molecular complexity index is 989. The fourth-order valence-electron chi connectivity index (χ4n) is 4.53. The first-order valence-corrected chi connectivity index (χ1v) is 11.0. The molecule has 2 atom stereocenters. The number of nitrogens with one attached hydrogen (secondary N) is 1. The van der Waals surface area contributed by atoms with Gasteiger partial charge in [-0.2, -0.15) is 0 Å². The molecule has 0 saturated heterocycles. The van der Waals surface area contributed by atoms with Gasteiger partial charge in [-0.1, -0.05) is 24.3 Å². The summed E-state index contributed by atoms with van der Waals surface area (Å²) in [6.45, 7) is 6.54. The van der Waals surface area contributed by atoms with E-state index in [2.05, 4.69) is 5.32 Å². The summed E-state index contributed by atoms with van der Waals surface area (Å²) in [7, 11) is 0. The fraction of sp³-hybridized carbons (Fsp3) is 0.385. The molecule has 31 heavy (non-hydrogen) atoms. The minimum atomic E-state index is -0.203. The van der Waals surface area contributed by atoms with Crippen LogP contribution in [0, 0.1) is 0 Å². The molecule has 0 spiro atoms. The van der Waals surface area contributed by atoms with E-state index in [0.29, 0.717) is 25.9 Å². The molecule has 1 aliphatic heterocycles. The number of ether oxygens (including phenoxy) is 2. The van der Waals surface area contributed by atoms with Gasteiger partial charge in [-0.3, -0.25) is 9.59 Å². The third-order valence-electron chi connectivity index (χ3n) is 5.85. The molecule has 4 rings (SSSR count). The largest absolute Gasteiger partial charge is 0.494 e. The second-order valence-electron chi connectivity index (χ2n) is 8.46. The van der Waals surface area contributed by atoms with E-state index >= 15 is 0 Å². The van der Waals surface area contributed by atoms with Crippen LogP contribution in [0.4, 0.5) is 0 Å². The zero-order valence-electron chi connectivity index (χ0n) is 18.3. The minimum absolute atomic E-state index is 0.0357. The average molecular weight is 420 g/mol. The molecule has 0 radical (unpaired) electrons. The van der Waals surface area contributed by atoms with Crippen LogP contribution < -0.4 is 14.8 Å². The Hall–Kier alpha value is -3.08. The highest BCUT2D eigenvalue weighted by Gasteiger charge is 2.38. The molecule has 2 aliphatic rings. The van der Waals surface area contributed by atoms with Gasteiger partial charge in [0.25, 0.3) is 0 Å². The van der Waals surface area contributed by atoms with Crippen molar-refractivity contribution in [3.63, 3.8) is 0 Å². The number of Topliss-reactive ketones (excluding diaryl/α,β-unsaturated/α-hetero) is 1. The molecule has 0 saturated carbocycles. The third-order valence-corrected chi connectivity index (χ3v) is 5.85. The number of allylic oxidation sites excluding steroid dienone is 2. The Morgan fingerprint density at radius 3 is 2.19 bits per heavy atom. The predicted molar refractivity (Wildman–Crippen MR) is 119 cm³/mol. The summed E-state index contributed by atoms with van der Waals surface area (Å²) in [5.41, 5.74) is 3.61. The molecule has 1 aliphatic carbocycles. The third kappa shape index (κ3) is 4.66. The van der Waals surface area contributed by atoms with E-state index in [1.165, 1.54) is 0 Å². The molecule has 0 aromatic heterocycles. The number of benzene rings is 2. The van der Waals surface area contributed by atoms with Gasteiger partial charge in [-0.15, -0.1) is 0 Å². The van der Waals surface area contributed by atoms with Crippen LogP contribution in [0.1, 0.15) is 63.0 Å². The Balaban J connectivity index is 1.59. The standard InChI is InChI=1S/C26H29NO4/c1-4-30-20-9-5-17(6-10-20)19-13-23-26(24(28)14-19)22(15-25(29)27-23)18-7-11-21(12-8-18)31-16(2)3/h5-12,16,19,22H,4,13-15H2,1-3H3,(H,27,29). The molecular formula is C26H29NO4. The molecular weight excluding hydrogens is 390 g/mol. The first-order valence-electron chi connectivity index (χ1n) is 11.0. The van der Waals surface area contributed by atoms with Crippen molar-refractivity contribution >= 4 is 11.7 Å². The lowest BCUT2D eigenvalue weighted by Crippen LogP contribution is -2.38. The van der Waals surface area contributed by atoms with Crippen LogP contribution in [0.25, 0.3) is 0 Å². The van der Waals surface area contributed by atoms with Crippen LogP contribution in [0.3, 0.4) is 0 Å². The van der Waals surface area contributed by atoms with Crippen molar-refractivity contribution in [2.45, 2.75) is 58.0 Å². The molecule has 1 heterocycles. The Morgan fingerprint density at radius 2 is 1.55 bits per heavy atom. The zero-order valence-corrected chi connectivity index (χ0v) is 18.3. The van der Waals surface area contributed by atoms with Crippen molar-refractivity contribution in [2.24, 2.45) is 0 Å². The maximum atomic E-state index is 13.2. The molecule has 5 nitrogen and oxygen atoms in total. The second-order valence-corrected chi connectivity index (χ2v) is 8.46. The first kappa shape index (κ1) is 21.2. The number of hydrogen-bond acceptors (Lipinski definition) is 4. The Kier molecular flexibility index (Phi) is 6.12. The van der Waals surface area contributed by atoms with Gasteiger partial charge in [0.1, 0.15) is 11.5 Å². The maximum absolute atomic E-state index is 13.2. The summed E-state index contributed by atoms with van der Waals surface area (Å²) in [5.74, 6) is 1.55. The van der Waals surface area contributed by atoms with E-state index < -0.39 is 0 Å². The highest BCUT2D eigenvalue weighted by molar-refractivity contribution is 6.02. The topological polar surface area (TPSA) is 64.6 Å². The van der Waals surface area contributed by atoms with Gasteiger partial charge >= 0.3 is 0 Å². The van der Waals surface area contributed by atoms with Crippen LogP contribution in [0.5, 0.6) is 11.5 Å². The van der Waals surface area contributed by atoms with E-state index in [4.69, 9.17) is 9.47 Å². The summed E-state index contributed by atoms with van der Waals surface area (Å²) in [6, 6.07) is 15.7. The van der Waals surface area contributed by atoms with E-state index in [1.54, 1.807) is 0 Å². The van der Waals surface area contributed by atoms with Gasteiger partial charge in [0.05, 0.1) is 12.7 Å². The summed E-state index contributed by atoms with van der Waals surface area (Å²) in [6.07, 6.45) is 1.50. The Labute approximate surface area is 183 Å². The van der Waals surface area contributed by atoms with E-state index in [9.17, 15) is 9.59 Å². The zero-order chi connectivity index (χ0) is 22.0. The van der Waals surface area contributed by atoms with Crippen molar-refractivity contribution in [1.29, 1.82) is 0 Å². The lowest BCUT2D eigenvalue weighted by molar-refractivity contribution is -0.122. The summed E-state index contributed by atoms with van der Waals surface area (Å²) in [4.78, 5) is 25.7. The smallest absolute Gasteiger partial charge is 0.225 e. The highest BCUT2D eigenvalue weighted by Crippen LogP contribution is 2.43. The molecule has 0 fully saturated rings. The molecule has 1 N–H and O–H groups in total. The van der Waals surface area contributed by atoms with Crippen molar-refractivity contribution in [3.05, 3.63) is 70.9 Å². The van der Waals surface area contributed by atoms with E-state index in [0.717, 1.165) is 33.9 Å². The molecule has 5 heteroatoms. The van der Waals surface area contributed by atoms with E-state index in [-0.39, 0.29) is 29.6 Å². The molecule has 1 amide bonds. The molecule has 2 unspecified atom stereocenters. The number of hydrogen-bond donors (Lipinski definition) is 1. The summed E-state index contributed by atoms with van der Waals surface area (Å²) >= 11 is 0. The number of rotatable bonds is 6. The van der Waals surface area contributed by atoms with Gasteiger partial charge in [-0.05, 0) is 68.5 Å². The van der Waals surface area contributed by atoms with Crippen molar-refractivity contribution in [3.8, 4) is 11.5 Å². The van der Waals surface area contributed by atoms with Crippen molar-refractivity contribution in [2.75, 3.05) is 6.61 Å². The number of ketones is 1. The van der Waals surface area contributed by atoms with Crippen LogP contribution in [-0.4, -0.2) is 24.4 Å². The van der Waals surface area contributed by atoms with E-state index in [1.807, 2.05) is 69.3 Å². The average Bonchev–Trinajstić information content (AvgIpc) is 2.73.